The number of aryl methyl sites for hydroxylation is 2. The first-order chi connectivity index (χ1) is 11.5. The highest BCUT2D eigenvalue weighted by molar-refractivity contribution is 5.92. The summed E-state index contributed by atoms with van der Waals surface area (Å²) in [6.45, 7) is 7.16. The number of piperidine rings is 1. The van der Waals surface area contributed by atoms with Crippen LogP contribution in [0, 0.1) is 12.8 Å². The molecule has 24 heavy (non-hydrogen) atoms. The fourth-order valence-electron chi connectivity index (χ4n) is 3.79. The largest absolute Gasteiger partial charge is 0.381 e. The van der Waals surface area contributed by atoms with Crippen molar-refractivity contribution in [2.75, 3.05) is 39.9 Å². The van der Waals surface area contributed by atoms with Gasteiger partial charge in [0.1, 0.15) is 0 Å². The van der Waals surface area contributed by atoms with Crippen LogP contribution in [0.3, 0.4) is 0 Å². The lowest BCUT2D eigenvalue weighted by atomic mass is 9.97. The van der Waals surface area contributed by atoms with Crippen molar-refractivity contribution in [2.45, 2.75) is 38.6 Å². The topological polar surface area (TPSA) is 50.6 Å². The van der Waals surface area contributed by atoms with E-state index < -0.39 is 0 Å². The predicted molar refractivity (Wildman–Crippen MR) is 93.0 cm³/mol. The fourth-order valence-corrected chi connectivity index (χ4v) is 3.79. The van der Waals surface area contributed by atoms with Gasteiger partial charge in [0.05, 0.1) is 0 Å². The number of likely N-dealkylation sites (tertiary alicyclic amines) is 1. The molecule has 0 atom stereocenters. The molecule has 0 spiro atoms. The predicted octanol–water partition coefficient (Wildman–Crippen LogP) is 1.69. The molecule has 2 aliphatic rings. The van der Waals surface area contributed by atoms with E-state index in [-0.39, 0.29) is 5.91 Å². The van der Waals surface area contributed by atoms with Gasteiger partial charge in [0.25, 0.3) is 5.91 Å². The van der Waals surface area contributed by atoms with Crippen molar-refractivity contribution in [3.05, 3.63) is 17.5 Å². The summed E-state index contributed by atoms with van der Waals surface area (Å²) in [6, 6.07) is 2.20. The minimum atomic E-state index is 0.0431. The Labute approximate surface area is 144 Å². The summed E-state index contributed by atoms with van der Waals surface area (Å²) < 4.78 is 7.21. The second-order valence-electron chi connectivity index (χ2n) is 7.30. The molecule has 0 unspecified atom stereocenters. The maximum absolute atomic E-state index is 12.6. The lowest BCUT2D eigenvalue weighted by Gasteiger charge is -2.38. The van der Waals surface area contributed by atoms with Crippen molar-refractivity contribution in [3.63, 3.8) is 0 Å². The third-order valence-corrected chi connectivity index (χ3v) is 5.62. The van der Waals surface area contributed by atoms with E-state index in [9.17, 15) is 4.79 Å². The Morgan fingerprint density at radius 1 is 1.29 bits per heavy atom. The van der Waals surface area contributed by atoms with Gasteiger partial charge in [-0.2, -0.15) is 5.10 Å². The summed E-state index contributed by atoms with van der Waals surface area (Å²) in [5.41, 5.74) is 1.57. The van der Waals surface area contributed by atoms with Crippen LogP contribution in [0.25, 0.3) is 0 Å². The number of amides is 1. The van der Waals surface area contributed by atoms with Crippen molar-refractivity contribution < 1.29 is 9.53 Å². The van der Waals surface area contributed by atoms with Crippen LogP contribution in [-0.4, -0.2) is 71.4 Å². The van der Waals surface area contributed by atoms with Crippen molar-refractivity contribution in [3.8, 4) is 0 Å². The number of ether oxygens (including phenoxy) is 1. The molecule has 1 aromatic rings. The van der Waals surface area contributed by atoms with Gasteiger partial charge in [-0.25, -0.2) is 0 Å². The highest BCUT2D eigenvalue weighted by Gasteiger charge is 2.28. The van der Waals surface area contributed by atoms with Crippen molar-refractivity contribution >= 4 is 5.91 Å². The summed E-state index contributed by atoms with van der Waals surface area (Å²) in [5.74, 6) is 0.827. The molecule has 0 aliphatic carbocycles. The van der Waals surface area contributed by atoms with E-state index >= 15 is 0 Å². The van der Waals surface area contributed by atoms with Crippen LogP contribution in [0.5, 0.6) is 0 Å². The number of carbonyl (C=O) groups excluding carboxylic acids is 1. The molecule has 0 radical (unpaired) electrons. The van der Waals surface area contributed by atoms with Gasteiger partial charge >= 0.3 is 0 Å². The summed E-state index contributed by atoms with van der Waals surface area (Å²) >= 11 is 0. The maximum atomic E-state index is 12.6. The molecule has 2 saturated heterocycles. The zero-order valence-electron chi connectivity index (χ0n) is 15.2. The van der Waals surface area contributed by atoms with Crippen LogP contribution in [0.1, 0.15) is 41.9 Å². The number of hydrogen-bond acceptors (Lipinski definition) is 4. The van der Waals surface area contributed by atoms with Gasteiger partial charge in [-0.3, -0.25) is 9.48 Å². The summed E-state index contributed by atoms with van der Waals surface area (Å²) in [7, 11) is 3.80. The molecule has 1 amide bonds. The molecule has 6 heteroatoms. The van der Waals surface area contributed by atoms with Gasteiger partial charge in [-0.05, 0) is 44.6 Å². The van der Waals surface area contributed by atoms with Gasteiger partial charge < -0.3 is 14.5 Å². The monoisotopic (exact) mass is 334 g/mol. The van der Waals surface area contributed by atoms with E-state index in [1.54, 1.807) is 4.68 Å². The van der Waals surface area contributed by atoms with Crippen molar-refractivity contribution in [1.82, 2.24) is 19.6 Å². The number of rotatable bonds is 4. The first-order valence-corrected chi connectivity index (χ1v) is 9.12. The first kappa shape index (κ1) is 17.4. The molecule has 3 heterocycles. The third-order valence-electron chi connectivity index (χ3n) is 5.62. The van der Waals surface area contributed by atoms with E-state index in [0.717, 1.165) is 50.8 Å². The van der Waals surface area contributed by atoms with Crippen LogP contribution in [0.4, 0.5) is 0 Å². The number of nitrogens with zero attached hydrogens (tertiary/aromatic N) is 4. The molecular weight excluding hydrogens is 304 g/mol. The van der Waals surface area contributed by atoms with Gasteiger partial charge in [0.2, 0.25) is 0 Å². The second-order valence-corrected chi connectivity index (χ2v) is 7.30. The average molecular weight is 334 g/mol. The zero-order chi connectivity index (χ0) is 17.1. The summed E-state index contributed by atoms with van der Waals surface area (Å²) in [6.07, 6.45) is 4.49. The van der Waals surface area contributed by atoms with Crippen LogP contribution in [-0.2, 0) is 11.8 Å². The quantitative estimate of drug-likeness (QED) is 0.841. The SMILES string of the molecule is Cc1cc(C(=O)N(C)C2CCN(CC3CCOCC3)CC2)nn1C. The molecule has 2 fully saturated rings. The molecule has 3 rings (SSSR count). The maximum Gasteiger partial charge on any atom is 0.274 e. The lowest BCUT2D eigenvalue weighted by Crippen LogP contribution is -2.47. The minimum Gasteiger partial charge on any atom is -0.381 e. The van der Waals surface area contributed by atoms with Gasteiger partial charge in [-0.1, -0.05) is 0 Å². The molecule has 0 aromatic carbocycles. The fraction of sp³-hybridized carbons (Fsp3) is 0.778. The Bertz CT molecular complexity index is 538. The van der Waals surface area contributed by atoms with E-state index in [4.69, 9.17) is 4.74 Å². The molecule has 0 saturated carbocycles. The summed E-state index contributed by atoms with van der Waals surface area (Å²) in [4.78, 5) is 17.1. The van der Waals surface area contributed by atoms with E-state index in [2.05, 4.69) is 10.00 Å². The van der Waals surface area contributed by atoms with Crippen molar-refractivity contribution in [1.29, 1.82) is 0 Å². The Hall–Kier alpha value is -1.40. The van der Waals surface area contributed by atoms with Crippen LogP contribution < -0.4 is 0 Å². The van der Waals surface area contributed by atoms with Crippen LogP contribution >= 0.6 is 0 Å². The van der Waals surface area contributed by atoms with Crippen molar-refractivity contribution in [2.24, 2.45) is 13.0 Å². The number of hydrogen-bond donors (Lipinski definition) is 0. The Balaban J connectivity index is 1.49. The average Bonchev–Trinajstić information content (AvgIpc) is 2.94. The Morgan fingerprint density at radius 3 is 2.54 bits per heavy atom. The molecule has 134 valence electrons. The summed E-state index contributed by atoms with van der Waals surface area (Å²) in [5, 5.41) is 4.32. The zero-order valence-corrected chi connectivity index (χ0v) is 15.2. The highest BCUT2D eigenvalue weighted by atomic mass is 16.5. The lowest BCUT2D eigenvalue weighted by molar-refractivity contribution is 0.0408. The molecule has 2 aliphatic heterocycles. The van der Waals surface area contributed by atoms with Gasteiger partial charge in [0.15, 0.2) is 5.69 Å². The number of carbonyl (C=O) groups is 1. The van der Waals surface area contributed by atoms with Crippen LogP contribution in [0.15, 0.2) is 6.07 Å². The highest BCUT2D eigenvalue weighted by Crippen LogP contribution is 2.21. The first-order valence-electron chi connectivity index (χ1n) is 9.12. The number of aromatic nitrogens is 2. The molecule has 0 N–H and O–H groups in total. The van der Waals surface area contributed by atoms with E-state index in [0.29, 0.717) is 11.7 Å². The van der Waals surface area contributed by atoms with Gasteiger partial charge in [-0.15, -0.1) is 0 Å². The normalized spacial score (nSPS) is 21.1. The second kappa shape index (κ2) is 7.66. The van der Waals surface area contributed by atoms with Crippen LogP contribution in [0.2, 0.25) is 0 Å². The molecule has 0 bridgehead atoms. The smallest absolute Gasteiger partial charge is 0.274 e. The molecule has 6 nitrogen and oxygen atoms in total. The van der Waals surface area contributed by atoms with E-state index in [1.165, 1.54) is 19.4 Å². The standard InChI is InChI=1S/C18H30N4O2/c1-14-12-17(19-21(14)3)18(23)20(2)16-4-8-22(9-5-16)13-15-6-10-24-11-7-15/h12,15-16H,4-11,13H2,1-3H3. The third kappa shape index (κ3) is 3.98. The Morgan fingerprint density at radius 2 is 1.96 bits per heavy atom. The van der Waals surface area contributed by atoms with Gasteiger partial charge in [0, 0.05) is 58.7 Å². The molecular formula is C18H30N4O2. The van der Waals surface area contributed by atoms with E-state index in [1.807, 2.05) is 32.0 Å². The molecule has 1 aromatic heterocycles. The Kier molecular flexibility index (Phi) is 5.56. The minimum absolute atomic E-state index is 0.0431.